The van der Waals surface area contributed by atoms with E-state index in [-0.39, 0.29) is 11.7 Å². The Balaban J connectivity index is 1.76. The molecule has 0 saturated heterocycles. The van der Waals surface area contributed by atoms with E-state index in [0.717, 1.165) is 52.1 Å². The molecule has 0 saturated carbocycles. The van der Waals surface area contributed by atoms with Crippen molar-refractivity contribution in [3.63, 3.8) is 0 Å². The summed E-state index contributed by atoms with van der Waals surface area (Å²) in [5.41, 5.74) is 4.39. The van der Waals surface area contributed by atoms with Gasteiger partial charge in [-0.15, -0.1) is 11.8 Å². The summed E-state index contributed by atoms with van der Waals surface area (Å²) < 4.78 is 7.48. The first kappa shape index (κ1) is 23.5. The van der Waals surface area contributed by atoms with E-state index < -0.39 is 0 Å². The minimum Gasteiger partial charge on any atom is -0.507 e. The molecule has 4 rings (SSSR count). The highest BCUT2D eigenvalue weighted by atomic mass is 32.2. The Labute approximate surface area is 200 Å². The predicted octanol–water partition coefficient (Wildman–Crippen LogP) is 5.85. The van der Waals surface area contributed by atoms with Crippen LogP contribution < -0.4 is 0 Å². The van der Waals surface area contributed by atoms with Crippen molar-refractivity contribution in [1.29, 1.82) is 0 Å². The molecule has 0 radical (unpaired) electrons. The summed E-state index contributed by atoms with van der Waals surface area (Å²) in [5, 5.41) is 11.7. The summed E-state index contributed by atoms with van der Waals surface area (Å²) in [4.78, 5) is 16.5. The van der Waals surface area contributed by atoms with Crippen LogP contribution in [0.1, 0.15) is 48.8 Å². The molecule has 2 aromatic carbocycles. The predicted molar refractivity (Wildman–Crippen MR) is 136 cm³/mol. The second-order valence-electron chi connectivity index (χ2n) is 8.66. The first-order valence-corrected chi connectivity index (χ1v) is 12.5. The standard InChI is InChI=1S/C27H32N2O3S/c1-5-32-27(31)26-22-16-25(30)21(19-11-13-29(14-12-19)18(2)3)15-23(22)28(4)24(26)17-33-20-9-7-6-8-10-20/h6-11,15-16,18,30H,5,12-14,17H2,1-4H3. The molecule has 5 nitrogen and oxygen atoms in total. The zero-order chi connectivity index (χ0) is 23.5. The number of esters is 1. The van der Waals surface area contributed by atoms with Crippen molar-refractivity contribution in [3.05, 3.63) is 65.4 Å². The molecule has 1 N–H and O–H groups in total. The van der Waals surface area contributed by atoms with E-state index in [1.807, 2.05) is 38.2 Å². The largest absolute Gasteiger partial charge is 0.507 e. The average molecular weight is 465 g/mol. The van der Waals surface area contributed by atoms with Gasteiger partial charge in [0.25, 0.3) is 0 Å². The number of aryl methyl sites for hydroxylation is 1. The van der Waals surface area contributed by atoms with Gasteiger partial charge in [0.2, 0.25) is 0 Å². The normalized spacial score (nSPS) is 14.6. The van der Waals surface area contributed by atoms with Crippen LogP contribution in [0.25, 0.3) is 16.5 Å². The number of carbonyl (C=O) groups is 1. The van der Waals surface area contributed by atoms with Crippen LogP contribution >= 0.6 is 11.8 Å². The molecular formula is C27H32N2O3S. The van der Waals surface area contributed by atoms with Gasteiger partial charge in [-0.25, -0.2) is 4.79 Å². The first-order valence-electron chi connectivity index (χ1n) is 11.5. The molecule has 6 heteroatoms. The van der Waals surface area contributed by atoms with E-state index in [0.29, 0.717) is 24.0 Å². The average Bonchev–Trinajstić information content (AvgIpc) is 3.08. The minimum atomic E-state index is -0.344. The van der Waals surface area contributed by atoms with Gasteiger partial charge in [-0.2, -0.15) is 0 Å². The molecule has 0 bridgehead atoms. The monoisotopic (exact) mass is 464 g/mol. The van der Waals surface area contributed by atoms with Gasteiger partial charge >= 0.3 is 5.97 Å². The highest BCUT2D eigenvalue weighted by Crippen LogP contribution is 2.38. The SMILES string of the molecule is CCOC(=O)c1c(CSc2ccccc2)n(C)c2cc(C3=CCN(C(C)C)CC3)c(O)cc12. The van der Waals surface area contributed by atoms with Gasteiger partial charge in [-0.3, -0.25) is 4.90 Å². The van der Waals surface area contributed by atoms with E-state index in [2.05, 4.69) is 41.5 Å². The number of phenols is 1. The number of benzene rings is 2. The molecule has 2 heterocycles. The van der Waals surface area contributed by atoms with Crippen LogP contribution in [-0.2, 0) is 17.5 Å². The summed E-state index contributed by atoms with van der Waals surface area (Å²) >= 11 is 1.68. The van der Waals surface area contributed by atoms with Crippen molar-refractivity contribution in [1.82, 2.24) is 9.47 Å². The summed E-state index contributed by atoms with van der Waals surface area (Å²) in [6, 6.07) is 14.4. The third-order valence-electron chi connectivity index (χ3n) is 6.35. The van der Waals surface area contributed by atoms with E-state index in [4.69, 9.17) is 4.74 Å². The van der Waals surface area contributed by atoms with Crippen molar-refractivity contribution in [2.24, 2.45) is 7.05 Å². The van der Waals surface area contributed by atoms with Crippen molar-refractivity contribution in [2.75, 3.05) is 19.7 Å². The lowest BCUT2D eigenvalue weighted by Gasteiger charge is -2.30. The van der Waals surface area contributed by atoms with Crippen LogP contribution in [-0.4, -0.2) is 46.3 Å². The van der Waals surface area contributed by atoms with Crippen LogP contribution in [0, 0.1) is 0 Å². The number of fused-ring (bicyclic) bond motifs is 1. The maximum atomic E-state index is 13.0. The number of ether oxygens (including phenoxy) is 1. The molecule has 0 amide bonds. The van der Waals surface area contributed by atoms with E-state index in [1.165, 1.54) is 0 Å². The molecule has 0 unspecified atom stereocenters. The third kappa shape index (κ3) is 4.82. The van der Waals surface area contributed by atoms with Gasteiger partial charge in [0.05, 0.1) is 12.2 Å². The van der Waals surface area contributed by atoms with Crippen molar-refractivity contribution in [3.8, 4) is 5.75 Å². The number of hydrogen-bond donors (Lipinski definition) is 1. The molecular weight excluding hydrogens is 432 g/mol. The minimum absolute atomic E-state index is 0.213. The number of rotatable bonds is 7. The zero-order valence-electron chi connectivity index (χ0n) is 19.8. The molecule has 1 aromatic heterocycles. The Bertz CT molecular complexity index is 1180. The summed E-state index contributed by atoms with van der Waals surface area (Å²) in [6.07, 6.45) is 3.11. The summed E-state index contributed by atoms with van der Waals surface area (Å²) in [7, 11) is 1.99. The maximum Gasteiger partial charge on any atom is 0.340 e. The molecule has 1 aliphatic rings. The number of thioether (sulfide) groups is 1. The number of carbonyl (C=O) groups excluding carboxylic acids is 1. The molecule has 33 heavy (non-hydrogen) atoms. The second-order valence-corrected chi connectivity index (χ2v) is 9.71. The Hall–Kier alpha value is -2.70. The van der Waals surface area contributed by atoms with Crippen molar-refractivity contribution in [2.45, 2.75) is 43.9 Å². The van der Waals surface area contributed by atoms with Crippen molar-refractivity contribution >= 4 is 34.2 Å². The van der Waals surface area contributed by atoms with Crippen LogP contribution in [0.2, 0.25) is 0 Å². The highest BCUT2D eigenvalue weighted by Gasteiger charge is 2.25. The van der Waals surface area contributed by atoms with Crippen LogP contribution in [0.3, 0.4) is 0 Å². The topological polar surface area (TPSA) is 54.7 Å². The number of aromatic nitrogens is 1. The van der Waals surface area contributed by atoms with Gasteiger partial charge < -0.3 is 14.4 Å². The molecule has 3 aromatic rings. The molecule has 174 valence electrons. The third-order valence-corrected chi connectivity index (χ3v) is 7.38. The first-order chi connectivity index (χ1) is 15.9. The van der Waals surface area contributed by atoms with Crippen LogP contribution in [0.4, 0.5) is 0 Å². The van der Waals surface area contributed by atoms with E-state index in [9.17, 15) is 9.90 Å². The highest BCUT2D eigenvalue weighted by molar-refractivity contribution is 7.98. The Kier molecular flexibility index (Phi) is 7.15. The number of hydrogen-bond acceptors (Lipinski definition) is 5. The van der Waals surface area contributed by atoms with E-state index >= 15 is 0 Å². The molecule has 0 aliphatic carbocycles. The van der Waals surface area contributed by atoms with Gasteiger partial charge in [0.1, 0.15) is 5.75 Å². The Morgan fingerprint density at radius 3 is 2.61 bits per heavy atom. The van der Waals surface area contributed by atoms with Crippen LogP contribution in [0.15, 0.2) is 53.4 Å². The smallest absolute Gasteiger partial charge is 0.340 e. The fourth-order valence-electron chi connectivity index (χ4n) is 4.45. The quantitative estimate of drug-likeness (QED) is 0.351. The van der Waals surface area contributed by atoms with Crippen LogP contribution in [0.5, 0.6) is 5.75 Å². The lowest BCUT2D eigenvalue weighted by atomic mass is 9.96. The van der Waals surface area contributed by atoms with Gasteiger partial charge in [0, 0.05) is 59.0 Å². The van der Waals surface area contributed by atoms with Gasteiger partial charge in [0.15, 0.2) is 0 Å². The Morgan fingerprint density at radius 1 is 1.21 bits per heavy atom. The molecule has 0 atom stereocenters. The number of aromatic hydroxyl groups is 1. The molecule has 0 spiro atoms. The lowest BCUT2D eigenvalue weighted by molar-refractivity contribution is 0.0527. The zero-order valence-corrected chi connectivity index (χ0v) is 20.6. The molecule has 0 fully saturated rings. The fraction of sp³-hybridized carbons (Fsp3) is 0.370. The van der Waals surface area contributed by atoms with E-state index in [1.54, 1.807) is 17.8 Å². The Morgan fingerprint density at radius 2 is 1.97 bits per heavy atom. The molecule has 1 aliphatic heterocycles. The summed E-state index contributed by atoms with van der Waals surface area (Å²) in [6.45, 7) is 8.39. The van der Waals surface area contributed by atoms with Crippen molar-refractivity contribution < 1.29 is 14.6 Å². The lowest BCUT2D eigenvalue weighted by Crippen LogP contribution is -2.34. The van der Waals surface area contributed by atoms with Gasteiger partial charge in [-0.05, 0) is 57.0 Å². The number of phenolic OH excluding ortho intramolecular Hbond substituents is 1. The fourth-order valence-corrected chi connectivity index (χ4v) is 5.44. The summed E-state index contributed by atoms with van der Waals surface area (Å²) in [5.74, 6) is 0.499. The van der Waals surface area contributed by atoms with Gasteiger partial charge in [-0.1, -0.05) is 24.3 Å². The number of nitrogens with zero attached hydrogens (tertiary/aromatic N) is 2. The second kappa shape index (κ2) is 10.1. The maximum absolute atomic E-state index is 13.0.